The molecule has 0 unspecified atom stereocenters. The molecule has 15 heavy (non-hydrogen) atoms. The van der Waals surface area contributed by atoms with Crippen LogP contribution in [0.1, 0.15) is 17.4 Å². The Morgan fingerprint density at radius 1 is 1.27 bits per heavy atom. The summed E-state index contributed by atoms with van der Waals surface area (Å²) in [6, 6.07) is 6.14. The molecule has 1 aromatic heterocycles. The first-order valence-corrected chi connectivity index (χ1v) is 5.42. The van der Waals surface area contributed by atoms with E-state index >= 15 is 0 Å². The molecule has 0 aliphatic carbocycles. The summed E-state index contributed by atoms with van der Waals surface area (Å²) in [5, 5.41) is 0.687. The van der Waals surface area contributed by atoms with Crippen molar-refractivity contribution in [3.05, 3.63) is 34.7 Å². The summed E-state index contributed by atoms with van der Waals surface area (Å²) >= 11 is 1.23. The van der Waals surface area contributed by atoms with Crippen molar-refractivity contribution in [2.75, 3.05) is 0 Å². The Kier molecular flexibility index (Phi) is 2.46. The average Bonchev–Trinajstić information content (AvgIpc) is 2.57. The lowest BCUT2D eigenvalue weighted by Gasteiger charge is -2.06. The molecule has 0 nitrogen and oxygen atoms in total. The molecule has 1 aromatic carbocycles. The van der Waals surface area contributed by atoms with Crippen LogP contribution >= 0.6 is 11.3 Å². The molecule has 80 valence electrons. The van der Waals surface area contributed by atoms with Crippen LogP contribution in [0, 0.1) is 0 Å². The monoisotopic (exact) mass is 230 g/mol. The topological polar surface area (TPSA) is 0 Å². The van der Waals surface area contributed by atoms with Gasteiger partial charge in [-0.05, 0) is 23.9 Å². The molecular formula is C11H9F3S. The van der Waals surface area contributed by atoms with Crippen LogP contribution in [0.2, 0.25) is 0 Å². The maximum Gasteiger partial charge on any atom is 0.417 e. The zero-order valence-electron chi connectivity index (χ0n) is 8.06. The molecule has 0 atom stereocenters. The number of fused-ring (bicyclic) bond motifs is 1. The molecule has 0 radical (unpaired) electrons. The lowest BCUT2D eigenvalue weighted by atomic mass is 10.1. The molecule has 0 spiro atoms. The molecule has 0 bridgehead atoms. The second-order valence-corrected chi connectivity index (χ2v) is 4.42. The Bertz CT molecular complexity index is 482. The van der Waals surface area contributed by atoms with Crippen molar-refractivity contribution in [3.63, 3.8) is 0 Å². The van der Waals surface area contributed by atoms with E-state index in [1.807, 2.05) is 13.0 Å². The Balaban J connectivity index is 2.70. The van der Waals surface area contributed by atoms with Crippen LogP contribution < -0.4 is 0 Å². The number of halogens is 3. The fraction of sp³-hybridized carbons (Fsp3) is 0.273. The van der Waals surface area contributed by atoms with Gasteiger partial charge in [-0.25, -0.2) is 0 Å². The van der Waals surface area contributed by atoms with Gasteiger partial charge in [0.2, 0.25) is 0 Å². The van der Waals surface area contributed by atoms with E-state index in [4.69, 9.17) is 0 Å². The van der Waals surface area contributed by atoms with Crippen LogP contribution in [-0.4, -0.2) is 0 Å². The van der Waals surface area contributed by atoms with Crippen molar-refractivity contribution < 1.29 is 13.2 Å². The Labute approximate surface area is 89.3 Å². The summed E-state index contributed by atoms with van der Waals surface area (Å²) in [5.41, 5.74) is -0.523. The third kappa shape index (κ3) is 1.86. The molecule has 4 heteroatoms. The van der Waals surface area contributed by atoms with Crippen molar-refractivity contribution in [1.82, 2.24) is 0 Å². The second-order valence-electron chi connectivity index (χ2n) is 3.29. The van der Waals surface area contributed by atoms with Crippen LogP contribution in [0.15, 0.2) is 24.3 Å². The van der Waals surface area contributed by atoms with Gasteiger partial charge in [-0.1, -0.05) is 19.1 Å². The first-order valence-electron chi connectivity index (χ1n) is 4.61. The number of benzene rings is 1. The predicted molar refractivity (Wildman–Crippen MR) is 56.2 cm³/mol. The Morgan fingerprint density at radius 2 is 2.00 bits per heavy atom. The number of rotatable bonds is 1. The summed E-state index contributed by atoms with van der Waals surface area (Å²) in [5.74, 6) is 0. The highest BCUT2D eigenvalue weighted by molar-refractivity contribution is 7.19. The van der Waals surface area contributed by atoms with Gasteiger partial charge in [-0.2, -0.15) is 13.2 Å². The van der Waals surface area contributed by atoms with Crippen molar-refractivity contribution in [2.24, 2.45) is 0 Å². The molecule has 0 amide bonds. The highest BCUT2D eigenvalue weighted by Gasteiger charge is 2.32. The summed E-state index contributed by atoms with van der Waals surface area (Å²) < 4.78 is 38.3. The van der Waals surface area contributed by atoms with E-state index in [1.165, 1.54) is 17.4 Å². The van der Waals surface area contributed by atoms with Gasteiger partial charge in [0.15, 0.2) is 0 Å². The van der Waals surface area contributed by atoms with Crippen LogP contribution in [0.4, 0.5) is 13.2 Å². The summed E-state index contributed by atoms with van der Waals surface area (Å²) in [6.45, 7) is 1.94. The van der Waals surface area contributed by atoms with Crippen molar-refractivity contribution in [2.45, 2.75) is 19.5 Å². The third-order valence-corrected chi connectivity index (χ3v) is 3.58. The van der Waals surface area contributed by atoms with Gasteiger partial charge in [0, 0.05) is 9.58 Å². The van der Waals surface area contributed by atoms with E-state index in [0.717, 1.165) is 17.4 Å². The maximum atomic E-state index is 12.6. The number of alkyl halides is 3. The van der Waals surface area contributed by atoms with Crippen LogP contribution in [-0.2, 0) is 12.6 Å². The largest absolute Gasteiger partial charge is 0.417 e. The molecule has 0 aliphatic heterocycles. The second kappa shape index (κ2) is 3.52. The minimum absolute atomic E-state index is 0.349. The van der Waals surface area contributed by atoms with Gasteiger partial charge >= 0.3 is 6.18 Å². The first-order chi connectivity index (χ1) is 7.02. The van der Waals surface area contributed by atoms with E-state index in [0.29, 0.717) is 10.1 Å². The number of thiophene rings is 1. The SMILES string of the molecule is CCc1cc2cccc(C(F)(F)F)c2s1. The first kappa shape index (κ1) is 10.5. The Morgan fingerprint density at radius 3 is 2.60 bits per heavy atom. The molecule has 2 rings (SSSR count). The molecule has 1 heterocycles. The fourth-order valence-electron chi connectivity index (χ4n) is 1.51. The van der Waals surface area contributed by atoms with Gasteiger partial charge < -0.3 is 0 Å². The summed E-state index contributed by atoms with van der Waals surface area (Å²) in [6.07, 6.45) is -3.48. The van der Waals surface area contributed by atoms with Crippen molar-refractivity contribution >= 4 is 21.4 Å². The molecule has 0 fully saturated rings. The molecular weight excluding hydrogens is 221 g/mol. The highest BCUT2D eigenvalue weighted by Crippen LogP contribution is 2.38. The lowest BCUT2D eigenvalue weighted by molar-refractivity contribution is -0.136. The molecule has 0 saturated heterocycles. The standard InChI is InChI=1S/C11H9F3S/c1-2-8-6-7-4-3-5-9(10(7)15-8)11(12,13)14/h3-6H,2H2,1H3. The van der Waals surface area contributed by atoms with Crippen LogP contribution in [0.5, 0.6) is 0 Å². The highest BCUT2D eigenvalue weighted by atomic mass is 32.1. The number of hydrogen-bond acceptors (Lipinski definition) is 1. The minimum Gasteiger partial charge on any atom is -0.166 e. The fourth-order valence-corrected chi connectivity index (χ4v) is 2.64. The van der Waals surface area contributed by atoms with Crippen molar-refractivity contribution in [3.8, 4) is 0 Å². The van der Waals surface area contributed by atoms with Crippen LogP contribution in [0.3, 0.4) is 0 Å². The number of hydrogen-bond donors (Lipinski definition) is 0. The molecule has 2 aromatic rings. The minimum atomic E-state index is -4.25. The number of aryl methyl sites for hydroxylation is 1. The molecule has 0 N–H and O–H groups in total. The van der Waals surface area contributed by atoms with E-state index in [2.05, 4.69) is 0 Å². The lowest BCUT2D eigenvalue weighted by Crippen LogP contribution is -2.04. The van der Waals surface area contributed by atoms with Gasteiger partial charge in [0.1, 0.15) is 0 Å². The van der Waals surface area contributed by atoms with Gasteiger partial charge in [-0.15, -0.1) is 11.3 Å². The van der Waals surface area contributed by atoms with E-state index < -0.39 is 11.7 Å². The van der Waals surface area contributed by atoms with Crippen LogP contribution in [0.25, 0.3) is 10.1 Å². The average molecular weight is 230 g/mol. The van der Waals surface area contributed by atoms with E-state index in [9.17, 15) is 13.2 Å². The maximum absolute atomic E-state index is 12.6. The molecule has 0 aliphatic rings. The van der Waals surface area contributed by atoms with E-state index in [1.54, 1.807) is 6.07 Å². The van der Waals surface area contributed by atoms with E-state index in [-0.39, 0.29) is 0 Å². The van der Waals surface area contributed by atoms with Gasteiger partial charge in [0.25, 0.3) is 0 Å². The smallest absolute Gasteiger partial charge is 0.166 e. The summed E-state index contributed by atoms with van der Waals surface area (Å²) in [7, 11) is 0. The van der Waals surface area contributed by atoms with Crippen molar-refractivity contribution in [1.29, 1.82) is 0 Å². The van der Waals surface area contributed by atoms with Gasteiger partial charge in [0.05, 0.1) is 5.56 Å². The predicted octanol–water partition coefficient (Wildman–Crippen LogP) is 4.48. The summed E-state index contributed by atoms with van der Waals surface area (Å²) in [4.78, 5) is 0.988. The normalized spacial score (nSPS) is 12.3. The zero-order valence-corrected chi connectivity index (χ0v) is 8.88. The zero-order chi connectivity index (χ0) is 11.1. The Hall–Kier alpha value is -1.03. The third-order valence-electron chi connectivity index (χ3n) is 2.25. The molecule has 0 saturated carbocycles. The van der Waals surface area contributed by atoms with Gasteiger partial charge in [-0.3, -0.25) is 0 Å². The quantitative estimate of drug-likeness (QED) is 0.677.